The smallest absolute Gasteiger partial charge is 0.234 e. The summed E-state index contributed by atoms with van der Waals surface area (Å²) < 4.78 is 0. The van der Waals surface area contributed by atoms with Crippen LogP contribution in [0.3, 0.4) is 0 Å². The van der Waals surface area contributed by atoms with Crippen LogP contribution in [0.1, 0.15) is 28.8 Å². The number of pyridine rings is 1. The highest BCUT2D eigenvalue weighted by molar-refractivity contribution is 5.78. The number of rotatable bonds is 5. The molecule has 0 aromatic carbocycles. The fourth-order valence-corrected chi connectivity index (χ4v) is 3.70. The highest BCUT2D eigenvalue weighted by Gasteiger charge is 2.25. The van der Waals surface area contributed by atoms with Crippen LogP contribution in [-0.2, 0) is 24.3 Å². The number of likely N-dealkylation sites (N-methyl/N-ethyl adjacent to an activating group) is 1. The molecule has 24 heavy (non-hydrogen) atoms. The van der Waals surface area contributed by atoms with Crippen LogP contribution in [0.4, 0.5) is 0 Å². The molecule has 1 fully saturated rings. The van der Waals surface area contributed by atoms with E-state index in [9.17, 15) is 4.79 Å². The highest BCUT2D eigenvalue weighted by atomic mass is 16.2. The van der Waals surface area contributed by atoms with Crippen LogP contribution >= 0.6 is 0 Å². The van der Waals surface area contributed by atoms with E-state index in [1.54, 1.807) is 0 Å². The van der Waals surface area contributed by atoms with Crippen LogP contribution in [0.25, 0.3) is 0 Å². The van der Waals surface area contributed by atoms with E-state index >= 15 is 0 Å². The minimum Gasteiger partial charge on any atom is -0.351 e. The number of nitrogens with one attached hydrogen (secondary N) is 2. The molecule has 0 radical (unpaired) electrons. The Morgan fingerprint density at radius 1 is 1.50 bits per heavy atom. The van der Waals surface area contributed by atoms with Crippen molar-refractivity contribution in [1.29, 1.82) is 0 Å². The van der Waals surface area contributed by atoms with E-state index in [1.807, 2.05) is 13.1 Å². The van der Waals surface area contributed by atoms with E-state index in [2.05, 4.69) is 39.5 Å². The van der Waals surface area contributed by atoms with E-state index < -0.39 is 0 Å². The molecule has 1 saturated heterocycles. The van der Waals surface area contributed by atoms with Crippen molar-refractivity contribution in [2.45, 2.75) is 38.9 Å². The zero-order valence-corrected chi connectivity index (χ0v) is 15.1. The van der Waals surface area contributed by atoms with Gasteiger partial charge < -0.3 is 15.5 Å². The van der Waals surface area contributed by atoms with Crippen molar-refractivity contribution in [2.75, 3.05) is 40.3 Å². The summed E-state index contributed by atoms with van der Waals surface area (Å²) >= 11 is 0. The molecule has 1 atom stereocenters. The normalized spacial score (nSPS) is 21.1. The van der Waals surface area contributed by atoms with E-state index in [1.165, 1.54) is 16.7 Å². The zero-order valence-electron chi connectivity index (χ0n) is 15.1. The average Bonchev–Trinajstić information content (AvgIpc) is 3.02. The molecule has 132 valence electrons. The maximum absolute atomic E-state index is 12.3. The van der Waals surface area contributed by atoms with E-state index in [4.69, 9.17) is 0 Å². The minimum atomic E-state index is 0.111. The van der Waals surface area contributed by atoms with Gasteiger partial charge in [-0.2, -0.15) is 0 Å². The SMILES string of the molecule is Cc1ncc2c(c1CNC(=O)CN1CCC(N(C)C)C1)CCNC2. The maximum Gasteiger partial charge on any atom is 0.234 e. The van der Waals surface area contributed by atoms with Crippen molar-refractivity contribution in [1.82, 2.24) is 25.4 Å². The summed E-state index contributed by atoms with van der Waals surface area (Å²) in [5.41, 5.74) is 4.87. The van der Waals surface area contributed by atoms with Gasteiger partial charge in [0, 0.05) is 44.1 Å². The Balaban J connectivity index is 1.55. The van der Waals surface area contributed by atoms with Crippen LogP contribution in [0, 0.1) is 6.92 Å². The third-order valence-electron chi connectivity index (χ3n) is 5.28. The van der Waals surface area contributed by atoms with Gasteiger partial charge in [-0.3, -0.25) is 14.7 Å². The monoisotopic (exact) mass is 331 g/mol. The lowest BCUT2D eigenvalue weighted by Gasteiger charge is -2.22. The minimum absolute atomic E-state index is 0.111. The first-order chi connectivity index (χ1) is 11.5. The Labute approximate surface area is 144 Å². The number of hydrogen-bond acceptors (Lipinski definition) is 5. The van der Waals surface area contributed by atoms with Crippen molar-refractivity contribution in [3.05, 3.63) is 28.6 Å². The van der Waals surface area contributed by atoms with Gasteiger partial charge in [0.1, 0.15) is 0 Å². The average molecular weight is 331 g/mol. The lowest BCUT2D eigenvalue weighted by atomic mass is 9.96. The fourth-order valence-electron chi connectivity index (χ4n) is 3.70. The fraction of sp³-hybridized carbons (Fsp3) is 0.667. The number of aryl methyl sites for hydroxylation is 1. The number of amides is 1. The summed E-state index contributed by atoms with van der Waals surface area (Å²) in [6.07, 6.45) is 4.12. The summed E-state index contributed by atoms with van der Waals surface area (Å²) in [4.78, 5) is 21.3. The molecule has 2 N–H and O–H groups in total. The molecule has 1 aromatic rings. The number of hydrogen-bond donors (Lipinski definition) is 2. The molecule has 6 nitrogen and oxygen atoms in total. The van der Waals surface area contributed by atoms with Gasteiger partial charge in [0.15, 0.2) is 0 Å². The van der Waals surface area contributed by atoms with Gasteiger partial charge in [0.05, 0.1) is 6.54 Å². The van der Waals surface area contributed by atoms with Crippen LogP contribution in [0.2, 0.25) is 0 Å². The van der Waals surface area contributed by atoms with Crippen molar-refractivity contribution in [2.24, 2.45) is 0 Å². The predicted octanol–water partition coefficient (Wildman–Crippen LogP) is 0.288. The van der Waals surface area contributed by atoms with Crippen molar-refractivity contribution < 1.29 is 4.79 Å². The van der Waals surface area contributed by atoms with Gasteiger partial charge in [-0.05, 0) is 57.1 Å². The molecule has 3 heterocycles. The standard InChI is InChI=1S/C18H29N5O/c1-13-17(16-4-6-19-8-14(16)9-20-13)10-21-18(24)12-23-7-5-15(11-23)22(2)3/h9,15,19H,4-8,10-12H2,1-3H3,(H,21,24). The predicted molar refractivity (Wildman–Crippen MR) is 94.8 cm³/mol. The molecule has 2 aliphatic heterocycles. The number of carbonyl (C=O) groups is 1. The third kappa shape index (κ3) is 3.94. The van der Waals surface area contributed by atoms with Gasteiger partial charge in [-0.15, -0.1) is 0 Å². The molecule has 1 amide bonds. The largest absolute Gasteiger partial charge is 0.351 e. The summed E-state index contributed by atoms with van der Waals surface area (Å²) in [6, 6.07) is 0.567. The Kier molecular flexibility index (Phi) is 5.48. The summed E-state index contributed by atoms with van der Waals surface area (Å²) in [7, 11) is 4.22. The second-order valence-corrected chi connectivity index (χ2v) is 7.17. The molecule has 1 unspecified atom stereocenters. The van der Waals surface area contributed by atoms with E-state index in [0.29, 0.717) is 19.1 Å². The van der Waals surface area contributed by atoms with Gasteiger partial charge in [-0.25, -0.2) is 0 Å². The lowest BCUT2D eigenvalue weighted by molar-refractivity contribution is -0.122. The Morgan fingerprint density at radius 2 is 2.33 bits per heavy atom. The maximum atomic E-state index is 12.3. The first-order valence-electron chi connectivity index (χ1n) is 8.87. The lowest BCUT2D eigenvalue weighted by Crippen LogP contribution is -2.38. The van der Waals surface area contributed by atoms with Crippen LogP contribution in [0.15, 0.2) is 6.20 Å². The third-order valence-corrected chi connectivity index (χ3v) is 5.28. The molecule has 3 rings (SSSR count). The van der Waals surface area contributed by atoms with Crippen molar-refractivity contribution >= 4 is 5.91 Å². The molecule has 0 saturated carbocycles. The number of carbonyl (C=O) groups excluding carboxylic acids is 1. The van der Waals surface area contributed by atoms with Crippen molar-refractivity contribution in [3.63, 3.8) is 0 Å². The zero-order chi connectivity index (χ0) is 17.1. The molecule has 0 aliphatic carbocycles. The Hall–Kier alpha value is -1.50. The number of fused-ring (bicyclic) bond motifs is 1. The highest BCUT2D eigenvalue weighted by Crippen LogP contribution is 2.20. The molecular weight excluding hydrogens is 302 g/mol. The van der Waals surface area contributed by atoms with Gasteiger partial charge in [-0.1, -0.05) is 0 Å². The van der Waals surface area contributed by atoms with Gasteiger partial charge in [0.25, 0.3) is 0 Å². The molecule has 0 spiro atoms. The summed E-state index contributed by atoms with van der Waals surface area (Å²) in [5, 5.41) is 6.48. The van der Waals surface area contributed by atoms with Gasteiger partial charge >= 0.3 is 0 Å². The summed E-state index contributed by atoms with van der Waals surface area (Å²) in [5.74, 6) is 0.111. The Bertz CT molecular complexity index is 601. The van der Waals surface area contributed by atoms with Crippen LogP contribution < -0.4 is 10.6 Å². The number of likely N-dealkylation sites (tertiary alicyclic amines) is 1. The first-order valence-corrected chi connectivity index (χ1v) is 8.87. The molecule has 1 aromatic heterocycles. The summed E-state index contributed by atoms with van der Waals surface area (Å²) in [6.45, 7) is 6.97. The topological polar surface area (TPSA) is 60.5 Å². The van der Waals surface area contributed by atoms with Gasteiger partial charge in [0.2, 0.25) is 5.91 Å². The number of aromatic nitrogens is 1. The molecule has 0 bridgehead atoms. The van der Waals surface area contributed by atoms with E-state index in [-0.39, 0.29) is 5.91 Å². The quantitative estimate of drug-likeness (QED) is 0.812. The molecule has 6 heteroatoms. The molecular formula is C18H29N5O. The first kappa shape index (κ1) is 17.3. The van der Waals surface area contributed by atoms with Crippen LogP contribution in [-0.4, -0.2) is 67.0 Å². The second kappa shape index (κ2) is 7.59. The van der Waals surface area contributed by atoms with E-state index in [0.717, 1.165) is 44.7 Å². The van der Waals surface area contributed by atoms with Crippen LogP contribution in [0.5, 0.6) is 0 Å². The number of nitrogens with zero attached hydrogens (tertiary/aromatic N) is 3. The van der Waals surface area contributed by atoms with Crippen molar-refractivity contribution in [3.8, 4) is 0 Å². The molecule has 2 aliphatic rings. The second-order valence-electron chi connectivity index (χ2n) is 7.17. The Morgan fingerprint density at radius 3 is 3.08 bits per heavy atom.